The first-order valence-corrected chi connectivity index (χ1v) is 6.15. The Hall–Kier alpha value is -1.56. The van der Waals surface area contributed by atoms with E-state index in [9.17, 15) is 9.59 Å². The van der Waals surface area contributed by atoms with Crippen LogP contribution in [0.3, 0.4) is 0 Å². The lowest BCUT2D eigenvalue weighted by molar-refractivity contribution is -0.131. The third-order valence-electron chi connectivity index (χ3n) is 2.44. The van der Waals surface area contributed by atoms with Crippen LogP contribution in [-0.4, -0.2) is 54.2 Å². The van der Waals surface area contributed by atoms with Crippen molar-refractivity contribution < 1.29 is 14.7 Å². The van der Waals surface area contributed by atoms with Crippen LogP contribution in [0.15, 0.2) is 12.2 Å². The maximum Gasteiger partial charge on any atom is 0.328 e. The molecule has 0 aromatic carbocycles. The molecule has 18 heavy (non-hydrogen) atoms. The second-order valence-corrected chi connectivity index (χ2v) is 3.98. The van der Waals surface area contributed by atoms with E-state index in [2.05, 4.69) is 29.4 Å². The number of nitrogens with one attached hydrogen (secondary N) is 2. The molecule has 0 saturated heterocycles. The first kappa shape index (κ1) is 16.4. The van der Waals surface area contributed by atoms with E-state index >= 15 is 0 Å². The maximum atomic E-state index is 11.4. The zero-order chi connectivity index (χ0) is 14.0. The van der Waals surface area contributed by atoms with Gasteiger partial charge in [-0.05, 0) is 20.0 Å². The van der Waals surface area contributed by atoms with Crippen molar-refractivity contribution in [3.8, 4) is 0 Å². The fraction of sp³-hybridized carbons (Fsp3) is 0.667. The van der Waals surface area contributed by atoms with E-state index < -0.39 is 5.97 Å². The molecule has 2 amide bonds. The fourth-order valence-electron chi connectivity index (χ4n) is 1.50. The zero-order valence-electron chi connectivity index (χ0n) is 11.3. The van der Waals surface area contributed by atoms with Gasteiger partial charge in [-0.25, -0.2) is 9.59 Å². The van der Waals surface area contributed by atoms with E-state index in [-0.39, 0.29) is 18.6 Å². The SMILES string of the molecule is CCN(CC)CC(C)NC(=O)NC/C=C/C(=O)O. The second kappa shape index (κ2) is 9.47. The number of rotatable bonds is 8. The van der Waals surface area contributed by atoms with Crippen LogP contribution in [0.1, 0.15) is 20.8 Å². The molecule has 0 fully saturated rings. The van der Waals surface area contributed by atoms with E-state index in [1.165, 1.54) is 6.08 Å². The smallest absolute Gasteiger partial charge is 0.328 e. The standard InChI is InChI=1S/C12H23N3O3/c1-4-15(5-2)9-10(3)14-12(18)13-8-6-7-11(16)17/h6-7,10H,4-5,8-9H2,1-3H3,(H,16,17)(H2,13,14,18)/b7-6+. The molecule has 0 radical (unpaired) electrons. The minimum Gasteiger partial charge on any atom is -0.478 e. The molecule has 104 valence electrons. The van der Waals surface area contributed by atoms with Gasteiger partial charge in [-0.3, -0.25) is 0 Å². The highest BCUT2D eigenvalue weighted by Gasteiger charge is 2.09. The Morgan fingerprint density at radius 2 is 1.94 bits per heavy atom. The number of hydrogen-bond donors (Lipinski definition) is 3. The summed E-state index contributed by atoms with van der Waals surface area (Å²) < 4.78 is 0. The number of carbonyl (C=O) groups excluding carboxylic acids is 1. The second-order valence-electron chi connectivity index (χ2n) is 3.98. The molecule has 0 aliphatic heterocycles. The summed E-state index contributed by atoms with van der Waals surface area (Å²) in [5.74, 6) is -1.02. The summed E-state index contributed by atoms with van der Waals surface area (Å²) in [5.41, 5.74) is 0. The van der Waals surface area contributed by atoms with Gasteiger partial charge >= 0.3 is 12.0 Å². The molecule has 1 atom stereocenters. The number of carboxylic acids is 1. The summed E-state index contributed by atoms with van der Waals surface area (Å²) in [6.45, 7) is 8.99. The van der Waals surface area contributed by atoms with Crippen LogP contribution < -0.4 is 10.6 Å². The summed E-state index contributed by atoms with van der Waals surface area (Å²) in [7, 11) is 0. The summed E-state index contributed by atoms with van der Waals surface area (Å²) >= 11 is 0. The van der Waals surface area contributed by atoms with Gasteiger partial charge in [-0.15, -0.1) is 0 Å². The van der Waals surface area contributed by atoms with Gasteiger partial charge in [0.2, 0.25) is 0 Å². The predicted octanol–water partition coefficient (Wildman–Crippen LogP) is 0.657. The molecule has 0 aliphatic rings. The first-order chi connectivity index (χ1) is 8.49. The number of aliphatic carboxylic acids is 1. The Morgan fingerprint density at radius 1 is 1.33 bits per heavy atom. The molecule has 0 spiro atoms. The first-order valence-electron chi connectivity index (χ1n) is 6.15. The molecule has 0 aromatic heterocycles. The van der Waals surface area contributed by atoms with Gasteiger partial charge in [0.1, 0.15) is 0 Å². The summed E-state index contributed by atoms with van der Waals surface area (Å²) in [4.78, 5) is 23.8. The molecule has 0 saturated carbocycles. The molecule has 0 rings (SSSR count). The van der Waals surface area contributed by atoms with E-state index in [1.54, 1.807) is 0 Å². The Bertz CT molecular complexity index is 288. The van der Waals surface area contributed by atoms with Crippen LogP contribution in [0.2, 0.25) is 0 Å². The highest BCUT2D eigenvalue weighted by molar-refractivity contribution is 5.80. The highest BCUT2D eigenvalue weighted by Crippen LogP contribution is 1.91. The third kappa shape index (κ3) is 8.58. The number of likely N-dealkylation sites (N-methyl/N-ethyl adjacent to an activating group) is 1. The predicted molar refractivity (Wildman–Crippen MR) is 70.6 cm³/mol. The summed E-state index contributed by atoms with van der Waals surface area (Å²) in [6, 6.07) is -0.238. The lowest BCUT2D eigenvalue weighted by Crippen LogP contribution is -2.46. The lowest BCUT2D eigenvalue weighted by Gasteiger charge is -2.23. The van der Waals surface area contributed by atoms with Crippen molar-refractivity contribution in [3.05, 3.63) is 12.2 Å². The van der Waals surface area contributed by atoms with E-state index in [0.29, 0.717) is 0 Å². The van der Waals surface area contributed by atoms with Crippen LogP contribution in [0, 0.1) is 0 Å². The van der Waals surface area contributed by atoms with Gasteiger partial charge in [-0.1, -0.05) is 19.9 Å². The summed E-state index contributed by atoms with van der Waals surface area (Å²) in [5, 5.41) is 13.7. The van der Waals surface area contributed by atoms with E-state index in [1.807, 2.05) is 6.92 Å². The van der Waals surface area contributed by atoms with Gasteiger partial charge < -0.3 is 20.6 Å². The minimum absolute atomic E-state index is 0.0494. The fourth-order valence-corrected chi connectivity index (χ4v) is 1.50. The van der Waals surface area contributed by atoms with Crippen LogP contribution in [0.5, 0.6) is 0 Å². The monoisotopic (exact) mass is 257 g/mol. The average Bonchev–Trinajstić information content (AvgIpc) is 2.31. The maximum absolute atomic E-state index is 11.4. The molecule has 6 heteroatoms. The van der Waals surface area contributed by atoms with Crippen molar-refractivity contribution in [1.82, 2.24) is 15.5 Å². The highest BCUT2D eigenvalue weighted by atomic mass is 16.4. The Morgan fingerprint density at radius 3 is 2.44 bits per heavy atom. The third-order valence-corrected chi connectivity index (χ3v) is 2.44. The molecule has 0 bridgehead atoms. The van der Waals surface area contributed by atoms with Crippen LogP contribution in [0.4, 0.5) is 4.79 Å². The molecule has 0 aromatic rings. The molecule has 6 nitrogen and oxygen atoms in total. The van der Waals surface area contributed by atoms with Crippen molar-refractivity contribution in [2.45, 2.75) is 26.8 Å². The van der Waals surface area contributed by atoms with E-state index in [4.69, 9.17) is 5.11 Å². The Labute approximate surface area is 108 Å². The normalized spacial score (nSPS) is 12.7. The number of nitrogens with zero attached hydrogens (tertiary/aromatic N) is 1. The van der Waals surface area contributed by atoms with Crippen molar-refractivity contribution in [2.24, 2.45) is 0 Å². The van der Waals surface area contributed by atoms with Crippen molar-refractivity contribution in [1.29, 1.82) is 0 Å². The molecule has 1 unspecified atom stereocenters. The molecular weight excluding hydrogens is 234 g/mol. The largest absolute Gasteiger partial charge is 0.478 e. The van der Waals surface area contributed by atoms with Gasteiger partial charge in [0.05, 0.1) is 0 Å². The van der Waals surface area contributed by atoms with E-state index in [0.717, 1.165) is 25.7 Å². The van der Waals surface area contributed by atoms with Crippen molar-refractivity contribution in [2.75, 3.05) is 26.2 Å². The van der Waals surface area contributed by atoms with Gasteiger partial charge in [0, 0.05) is 25.2 Å². The topological polar surface area (TPSA) is 81.7 Å². The number of hydrogen-bond acceptors (Lipinski definition) is 3. The van der Waals surface area contributed by atoms with Crippen LogP contribution in [0.25, 0.3) is 0 Å². The van der Waals surface area contributed by atoms with Gasteiger partial charge in [0.15, 0.2) is 0 Å². The quantitative estimate of drug-likeness (QED) is 0.558. The number of carboxylic acid groups (broad SMARTS) is 1. The molecule has 0 heterocycles. The minimum atomic E-state index is -1.02. The van der Waals surface area contributed by atoms with Crippen molar-refractivity contribution >= 4 is 12.0 Å². The number of urea groups is 1. The van der Waals surface area contributed by atoms with Gasteiger partial charge in [0.25, 0.3) is 0 Å². The van der Waals surface area contributed by atoms with Gasteiger partial charge in [-0.2, -0.15) is 0 Å². The molecular formula is C12H23N3O3. The Balaban J connectivity index is 3.83. The zero-order valence-corrected chi connectivity index (χ0v) is 11.3. The van der Waals surface area contributed by atoms with Crippen LogP contribution in [-0.2, 0) is 4.79 Å². The Kier molecular flexibility index (Phi) is 8.65. The lowest BCUT2D eigenvalue weighted by atomic mass is 10.3. The average molecular weight is 257 g/mol. The molecule has 0 aliphatic carbocycles. The number of carbonyl (C=O) groups is 2. The van der Waals surface area contributed by atoms with Crippen molar-refractivity contribution in [3.63, 3.8) is 0 Å². The molecule has 3 N–H and O–H groups in total. The van der Waals surface area contributed by atoms with Crippen LogP contribution >= 0.6 is 0 Å². The summed E-state index contributed by atoms with van der Waals surface area (Å²) in [6.07, 6.45) is 2.39. The number of amides is 2.